The summed E-state index contributed by atoms with van der Waals surface area (Å²) in [6, 6.07) is 4.46. The summed E-state index contributed by atoms with van der Waals surface area (Å²) in [5, 5.41) is 16.8. The van der Waals surface area contributed by atoms with Crippen molar-refractivity contribution < 1.29 is 51.8 Å². The van der Waals surface area contributed by atoms with Crippen molar-refractivity contribution in [3.63, 3.8) is 0 Å². The van der Waals surface area contributed by atoms with Crippen LogP contribution in [0, 0.1) is 17.8 Å². The average molecular weight is 807 g/mol. The first-order valence-corrected chi connectivity index (χ1v) is 18.7. The smallest absolute Gasteiger partial charge is 0.490 e. The van der Waals surface area contributed by atoms with Gasteiger partial charge in [-0.25, -0.2) is 4.79 Å². The van der Waals surface area contributed by atoms with Gasteiger partial charge < -0.3 is 30.8 Å². The van der Waals surface area contributed by atoms with Gasteiger partial charge in [0.2, 0.25) is 17.7 Å². The molecule has 1 aromatic heterocycles. The summed E-state index contributed by atoms with van der Waals surface area (Å²) in [7, 11) is 5.13. The van der Waals surface area contributed by atoms with E-state index in [1.165, 1.54) is 25.3 Å². The number of rotatable bonds is 17. The fraction of sp³-hybridized carbons (Fsp3) is 0.550. The predicted octanol–water partition coefficient (Wildman–Crippen LogP) is 4.32. The maximum Gasteiger partial charge on any atom is 0.490 e. The van der Waals surface area contributed by atoms with Crippen LogP contribution in [0.2, 0.25) is 0 Å². The summed E-state index contributed by atoms with van der Waals surface area (Å²) in [6.07, 6.45) is 2.04. The molecule has 17 heteroatoms. The minimum atomic E-state index is -5.08. The SMILES string of the molecule is COC1=CC(=O)N(C(=O)/C=C/[C@H](C)NC(=O)[C@H](CC(C)C)NC(=O)[C@H](CC(C)C)NC(=O)[C@H](C(C)C)N(C)C)[C@H]1Cc1c[nH]c2ccccc12.O=C(O)C(F)(F)F. The number of fused-ring (bicyclic) bond motifs is 1. The number of methoxy groups -OCH3 is 1. The van der Waals surface area contributed by atoms with E-state index in [4.69, 9.17) is 14.6 Å². The number of H-pyrrole nitrogens is 1. The van der Waals surface area contributed by atoms with Gasteiger partial charge in [-0.2, -0.15) is 13.2 Å². The van der Waals surface area contributed by atoms with Crippen molar-refractivity contribution in [2.45, 2.75) is 104 Å². The second-order valence-electron chi connectivity index (χ2n) is 15.4. The molecule has 0 unspecified atom stereocenters. The van der Waals surface area contributed by atoms with E-state index in [0.29, 0.717) is 25.0 Å². The first kappa shape index (κ1) is 48.0. The summed E-state index contributed by atoms with van der Waals surface area (Å²) < 4.78 is 37.2. The molecule has 1 aromatic carbocycles. The number of aliphatic carboxylic acids is 1. The van der Waals surface area contributed by atoms with Crippen LogP contribution in [0.15, 0.2) is 54.4 Å². The van der Waals surface area contributed by atoms with Gasteiger partial charge in [0, 0.05) is 41.7 Å². The zero-order valence-electron chi connectivity index (χ0n) is 34.2. The number of likely N-dealkylation sites (N-methyl/N-ethyl adjacent to an activating group) is 1. The number of amides is 5. The molecule has 0 bridgehead atoms. The van der Waals surface area contributed by atoms with Crippen LogP contribution in [0.25, 0.3) is 10.9 Å². The van der Waals surface area contributed by atoms with E-state index in [1.54, 1.807) is 6.92 Å². The van der Waals surface area contributed by atoms with Crippen LogP contribution in [-0.4, -0.2) is 113 Å². The highest BCUT2D eigenvalue weighted by Gasteiger charge is 2.39. The molecule has 2 aromatic rings. The lowest BCUT2D eigenvalue weighted by Gasteiger charge is -2.30. The van der Waals surface area contributed by atoms with Gasteiger partial charge in [0.15, 0.2) is 0 Å². The van der Waals surface area contributed by atoms with E-state index in [1.807, 2.05) is 91.0 Å². The van der Waals surface area contributed by atoms with Crippen LogP contribution in [0.4, 0.5) is 13.2 Å². The predicted molar refractivity (Wildman–Crippen MR) is 208 cm³/mol. The van der Waals surface area contributed by atoms with E-state index in [-0.39, 0.29) is 23.7 Å². The highest BCUT2D eigenvalue weighted by molar-refractivity contribution is 6.08. The molecule has 0 aliphatic carbocycles. The maximum atomic E-state index is 13.6. The summed E-state index contributed by atoms with van der Waals surface area (Å²) in [5.74, 6) is -4.26. The Morgan fingerprint density at radius 1 is 0.912 bits per heavy atom. The molecular formula is C40H57F3N6O8. The molecule has 2 heterocycles. The molecule has 14 nitrogen and oxygen atoms in total. The Hall–Kier alpha value is -5.19. The fourth-order valence-corrected chi connectivity index (χ4v) is 6.47. The topological polar surface area (TPSA) is 190 Å². The minimum Gasteiger partial charge on any atom is -0.499 e. The van der Waals surface area contributed by atoms with Crippen molar-refractivity contribution >= 4 is 46.4 Å². The molecule has 1 aliphatic heterocycles. The summed E-state index contributed by atoms with van der Waals surface area (Å²) in [4.78, 5) is 81.8. The van der Waals surface area contributed by atoms with Crippen LogP contribution in [0.3, 0.4) is 0 Å². The fourth-order valence-electron chi connectivity index (χ4n) is 6.47. The maximum absolute atomic E-state index is 13.6. The van der Waals surface area contributed by atoms with Crippen LogP contribution in [0.5, 0.6) is 0 Å². The molecule has 5 N–H and O–H groups in total. The van der Waals surface area contributed by atoms with E-state index in [9.17, 15) is 37.1 Å². The molecule has 5 amide bonds. The number of nitrogens with zero attached hydrogens (tertiary/aromatic N) is 2. The Labute approximate surface area is 331 Å². The van der Waals surface area contributed by atoms with Crippen molar-refractivity contribution in [2.24, 2.45) is 17.8 Å². The zero-order valence-corrected chi connectivity index (χ0v) is 34.2. The van der Waals surface area contributed by atoms with Crippen molar-refractivity contribution in [2.75, 3.05) is 21.2 Å². The number of nitrogens with one attached hydrogen (secondary N) is 4. The van der Waals surface area contributed by atoms with E-state index >= 15 is 0 Å². The third-order valence-corrected chi connectivity index (χ3v) is 8.98. The average Bonchev–Trinajstić information content (AvgIpc) is 3.65. The molecule has 5 atom stereocenters. The number of ether oxygens (including phenoxy) is 1. The Morgan fingerprint density at radius 3 is 1.93 bits per heavy atom. The first-order chi connectivity index (χ1) is 26.5. The van der Waals surface area contributed by atoms with Gasteiger partial charge >= 0.3 is 12.1 Å². The first-order valence-electron chi connectivity index (χ1n) is 18.7. The standard InChI is InChI=1S/C38H56N6O6.C2HF3O2/c1-22(2)17-29(41-37(48)30(18-23(3)4)42-38(49)35(24(5)6)43(8)9)36(47)40-25(7)15-16-33(45)44-31(32(50-10)20-34(44)46)19-26-21-39-28-14-12-11-13-27(26)28;3-2(4,5)1(6)7/h11-16,20-25,29-31,35,39H,17-19H2,1-10H3,(H,40,47)(H,41,48)(H,42,49);(H,6,7)/b16-15+;/t25-,29-,30-,31-,35-;/m0./s1. The largest absolute Gasteiger partial charge is 0.499 e. The zero-order chi connectivity index (χ0) is 43.4. The van der Waals surface area contributed by atoms with Crippen molar-refractivity contribution in [3.05, 3.63) is 60.0 Å². The van der Waals surface area contributed by atoms with Gasteiger partial charge in [0.25, 0.3) is 11.8 Å². The number of carboxylic acid groups (broad SMARTS) is 1. The Kier molecular flexibility index (Phi) is 18.0. The molecule has 3 rings (SSSR count). The second-order valence-corrected chi connectivity index (χ2v) is 15.4. The van der Waals surface area contributed by atoms with Crippen molar-refractivity contribution in [1.29, 1.82) is 0 Å². The van der Waals surface area contributed by atoms with Crippen LogP contribution >= 0.6 is 0 Å². The number of halogens is 3. The van der Waals surface area contributed by atoms with Gasteiger partial charge in [-0.3, -0.25) is 33.8 Å². The quantitative estimate of drug-likeness (QED) is 0.145. The lowest BCUT2D eigenvalue weighted by Crippen LogP contribution is -2.57. The Morgan fingerprint density at radius 2 is 1.44 bits per heavy atom. The molecule has 1 aliphatic rings. The number of aromatic amines is 1. The molecule has 0 fully saturated rings. The number of benzene rings is 1. The highest BCUT2D eigenvalue weighted by Crippen LogP contribution is 2.28. The Balaban J connectivity index is 0.00000146. The van der Waals surface area contributed by atoms with E-state index in [0.717, 1.165) is 21.4 Å². The third kappa shape index (κ3) is 14.4. The number of hydrogen-bond donors (Lipinski definition) is 5. The number of imide groups is 1. The lowest BCUT2D eigenvalue weighted by molar-refractivity contribution is -0.192. The number of carbonyl (C=O) groups is 6. The third-order valence-electron chi connectivity index (χ3n) is 8.98. The molecule has 0 saturated carbocycles. The van der Waals surface area contributed by atoms with Crippen LogP contribution in [0.1, 0.15) is 66.9 Å². The molecular weight excluding hydrogens is 749 g/mol. The summed E-state index contributed by atoms with van der Waals surface area (Å²) in [6.45, 7) is 13.5. The van der Waals surface area contributed by atoms with Gasteiger partial charge in [-0.1, -0.05) is 65.8 Å². The summed E-state index contributed by atoms with van der Waals surface area (Å²) >= 11 is 0. The number of carboxylic acids is 1. The van der Waals surface area contributed by atoms with E-state index < -0.39 is 66.0 Å². The highest BCUT2D eigenvalue weighted by atomic mass is 19.4. The number of hydrogen-bond acceptors (Lipinski definition) is 8. The lowest BCUT2D eigenvalue weighted by atomic mass is 9.98. The van der Waals surface area contributed by atoms with E-state index in [2.05, 4.69) is 20.9 Å². The van der Waals surface area contributed by atoms with Crippen molar-refractivity contribution in [3.8, 4) is 0 Å². The minimum absolute atomic E-state index is 0.0286. The van der Waals surface area contributed by atoms with Crippen molar-refractivity contribution in [1.82, 2.24) is 30.7 Å². The summed E-state index contributed by atoms with van der Waals surface area (Å²) in [5.41, 5.74) is 1.89. The van der Waals surface area contributed by atoms with Gasteiger partial charge in [-0.15, -0.1) is 0 Å². The molecule has 316 valence electrons. The van der Waals surface area contributed by atoms with Crippen LogP contribution in [-0.2, 0) is 39.9 Å². The molecule has 0 radical (unpaired) electrons. The Bertz CT molecular complexity index is 1780. The monoisotopic (exact) mass is 806 g/mol. The van der Waals surface area contributed by atoms with Crippen LogP contribution < -0.4 is 16.0 Å². The molecule has 57 heavy (non-hydrogen) atoms. The van der Waals surface area contributed by atoms with Gasteiger partial charge in [0.05, 0.1) is 13.2 Å². The number of alkyl halides is 3. The van der Waals surface area contributed by atoms with Gasteiger partial charge in [0.1, 0.15) is 23.9 Å². The second kappa shape index (κ2) is 21.4. The van der Waals surface area contributed by atoms with Gasteiger partial charge in [-0.05, 0) is 63.2 Å². The number of para-hydroxylation sites is 1. The normalized spacial score (nSPS) is 16.6. The molecule has 0 spiro atoms. The molecule has 0 saturated heterocycles. The number of aromatic nitrogens is 1. The number of carbonyl (C=O) groups excluding carboxylic acids is 5.